The maximum absolute atomic E-state index is 14.4. The highest BCUT2D eigenvalue weighted by atomic mass is 32.1. The monoisotopic (exact) mass is 1130 g/mol. The van der Waals surface area contributed by atoms with Crippen LogP contribution in [0.1, 0.15) is 114 Å². The number of piperidine rings is 2. The number of para-hydroxylation sites is 1. The predicted octanol–water partition coefficient (Wildman–Crippen LogP) is 8.38. The van der Waals surface area contributed by atoms with E-state index in [-0.39, 0.29) is 60.8 Å². The molecule has 7 atom stereocenters. The summed E-state index contributed by atoms with van der Waals surface area (Å²) in [5.41, 5.74) is 14.5. The van der Waals surface area contributed by atoms with E-state index in [0.29, 0.717) is 52.8 Å². The van der Waals surface area contributed by atoms with Gasteiger partial charge in [-0.1, -0.05) is 55.4 Å². The van der Waals surface area contributed by atoms with E-state index < -0.39 is 18.1 Å². The first kappa shape index (κ1) is 55.7. The molecule has 4 aromatic heterocycles. The zero-order valence-electron chi connectivity index (χ0n) is 47.7. The van der Waals surface area contributed by atoms with Gasteiger partial charge in [0.05, 0.1) is 51.8 Å². The second-order valence-corrected chi connectivity index (χ2v) is 25.0. The van der Waals surface area contributed by atoms with Crippen molar-refractivity contribution in [2.24, 2.45) is 11.8 Å². The van der Waals surface area contributed by atoms with Gasteiger partial charge in [0, 0.05) is 113 Å². The summed E-state index contributed by atoms with van der Waals surface area (Å²) in [6.07, 6.45) is 9.76. The van der Waals surface area contributed by atoms with Crippen molar-refractivity contribution in [1.29, 1.82) is 0 Å². The molecule has 1 aliphatic carbocycles. The summed E-state index contributed by atoms with van der Waals surface area (Å²) in [6, 6.07) is 23.3. The number of aliphatic hydroxyl groups excluding tert-OH is 1. The highest BCUT2D eigenvalue weighted by Gasteiger charge is 2.45. The molecule has 5 aliphatic heterocycles. The SMILES string of the molecule is Cc1ncsc1-c1ccc([C@H](C)NC(=O)[C@@H]2C[C@@H](O)CN2C(=O)[C@@H](c2cc(N3CCC(C(C)N4CCC(OC5CC(Oc6cc(N7C8CCC7CN(c7cc(-c9ccccc9O)nnc7N)C8)ccn6)C5)CC4)CC3)no2)C(C)C)cc1. The first-order valence-corrected chi connectivity index (χ1v) is 30.6. The standard InChI is InChI=1S/C62H78N12O7S/c1-36(2)58(62(78)73-34-46(75)27-53(73)61(77)66-37(3)40-10-12-42(13-11-40)59-38(4)65-35-82-59)55-31-56(69-81-55)71-22-17-41(18-23-71)39(5)70-24-19-47(20-25-70)79-48-28-49(29-48)80-57-26-43(16-21-64-57)74-44-14-15-45(74)33-72(32-44)52-30-51(67-68-60(52)63)50-8-6-7-9-54(50)76/h6-13,16,21,26,30-31,35-37,39,41,44-49,53,58,75-76H,14-15,17-20,22-25,27-29,32-34H2,1-5H3,(H2,63,68)(H,66,77)/t37-,39?,44?,45?,46+,48?,49?,53-,58+/m0/s1. The van der Waals surface area contributed by atoms with Gasteiger partial charge in [-0.25, -0.2) is 9.97 Å². The molecule has 19 nitrogen and oxygen atoms in total. The van der Waals surface area contributed by atoms with Gasteiger partial charge in [-0.3, -0.25) is 9.59 Å². The molecule has 2 amide bonds. The largest absolute Gasteiger partial charge is 0.507 e. The highest BCUT2D eigenvalue weighted by molar-refractivity contribution is 7.13. The molecule has 5 N–H and O–H groups in total. The number of β-amino-alcohol motifs (C(OH)–C–C–N with tert-alkyl or cyclic N) is 1. The van der Waals surface area contributed by atoms with Crippen LogP contribution in [0.2, 0.25) is 0 Å². The number of aliphatic hydroxyl groups is 1. The zero-order valence-corrected chi connectivity index (χ0v) is 48.5. The third kappa shape index (κ3) is 11.6. The van der Waals surface area contributed by atoms with Crippen LogP contribution in [-0.4, -0.2) is 152 Å². The number of nitrogens with one attached hydrogen (secondary N) is 1. The lowest BCUT2D eigenvalue weighted by Crippen LogP contribution is -2.54. The van der Waals surface area contributed by atoms with Crippen molar-refractivity contribution >= 4 is 46.2 Å². The third-order valence-electron chi connectivity index (χ3n) is 18.5. The maximum atomic E-state index is 14.4. The minimum atomic E-state index is -0.805. The highest BCUT2D eigenvalue weighted by Crippen LogP contribution is 2.41. The van der Waals surface area contributed by atoms with Gasteiger partial charge in [0.15, 0.2) is 17.4 Å². The molecule has 1 saturated carbocycles. The second kappa shape index (κ2) is 23.8. The van der Waals surface area contributed by atoms with E-state index >= 15 is 0 Å². The molecule has 0 radical (unpaired) electrons. The van der Waals surface area contributed by atoms with Gasteiger partial charge in [-0.05, 0) is 107 Å². The Kier molecular flexibility index (Phi) is 16.1. The number of aromatic hydroxyl groups is 1. The number of nitrogens with two attached hydrogens (primary N) is 1. The van der Waals surface area contributed by atoms with Crippen molar-refractivity contribution < 1.29 is 33.8 Å². The number of nitrogen functional groups attached to an aromatic ring is 1. The van der Waals surface area contributed by atoms with Crippen molar-refractivity contribution in [3.63, 3.8) is 0 Å². The lowest BCUT2D eigenvalue weighted by molar-refractivity contribution is -0.141. The molecular weight excluding hydrogens is 1060 g/mol. The number of hydrogen-bond acceptors (Lipinski definition) is 18. The summed E-state index contributed by atoms with van der Waals surface area (Å²) >= 11 is 1.60. The fourth-order valence-electron chi connectivity index (χ4n) is 13.8. The van der Waals surface area contributed by atoms with Gasteiger partial charge in [-0.15, -0.1) is 21.5 Å². The van der Waals surface area contributed by atoms with Gasteiger partial charge >= 0.3 is 0 Å². The van der Waals surface area contributed by atoms with Crippen molar-refractivity contribution in [3.8, 4) is 33.3 Å². The van der Waals surface area contributed by atoms with E-state index in [4.69, 9.17) is 19.7 Å². The number of likely N-dealkylation sites (tertiary alicyclic amines) is 2. The number of pyridine rings is 1. The number of phenols is 1. The summed E-state index contributed by atoms with van der Waals surface area (Å²) < 4.78 is 19.1. The van der Waals surface area contributed by atoms with E-state index in [2.05, 4.69) is 69.3 Å². The number of carbonyl (C=O) groups excluding carboxylic acids is 2. The smallest absolute Gasteiger partial charge is 0.243 e. The molecule has 6 fully saturated rings. The van der Waals surface area contributed by atoms with Crippen LogP contribution in [0.15, 0.2) is 89.0 Å². The molecule has 6 aromatic rings. The normalized spacial score (nSPS) is 24.6. The van der Waals surface area contributed by atoms with E-state index in [9.17, 15) is 19.8 Å². The third-order valence-corrected chi connectivity index (χ3v) is 19.5. The van der Waals surface area contributed by atoms with Crippen molar-refractivity contribution in [1.82, 2.24) is 40.4 Å². The fraction of sp³-hybridized carbons (Fsp3) is 0.532. The van der Waals surface area contributed by atoms with Gasteiger partial charge < -0.3 is 59.8 Å². The van der Waals surface area contributed by atoms with Crippen LogP contribution in [0.25, 0.3) is 21.7 Å². The zero-order chi connectivity index (χ0) is 56.8. The Hall–Kier alpha value is -6.87. The number of hydrogen-bond donors (Lipinski definition) is 4. The Morgan fingerprint density at radius 2 is 1.56 bits per heavy atom. The van der Waals surface area contributed by atoms with E-state index in [1.54, 1.807) is 28.4 Å². The molecule has 3 unspecified atom stereocenters. The number of aromatic nitrogens is 5. The number of ether oxygens (including phenoxy) is 2. The molecule has 434 valence electrons. The Morgan fingerprint density at radius 1 is 0.817 bits per heavy atom. The van der Waals surface area contributed by atoms with Crippen molar-refractivity contribution in [2.45, 2.75) is 153 Å². The number of phenolic OH excluding ortho intramolecular Hbond substituents is 1. The number of piperazine rings is 1. The lowest BCUT2D eigenvalue weighted by atomic mass is 9.88. The van der Waals surface area contributed by atoms with Crippen LogP contribution < -0.4 is 30.5 Å². The second-order valence-electron chi connectivity index (χ2n) is 24.2. The molecule has 9 heterocycles. The number of amides is 2. The van der Waals surface area contributed by atoms with E-state index in [1.165, 1.54) is 0 Å². The predicted molar refractivity (Wildman–Crippen MR) is 316 cm³/mol. The van der Waals surface area contributed by atoms with Crippen molar-refractivity contribution in [2.75, 3.05) is 66.2 Å². The topological polar surface area (TPSA) is 225 Å². The number of rotatable bonds is 17. The average molecular weight is 1140 g/mol. The van der Waals surface area contributed by atoms with Crippen molar-refractivity contribution in [3.05, 3.63) is 102 Å². The van der Waals surface area contributed by atoms with Crippen LogP contribution in [0.3, 0.4) is 0 Å². The molecule has 2 aromatic carbocycles. The molecule has 0 spiro atoms. The Bertz CT molecular complexity index is 3180. The molecular formula is C62H78N12O7S. The summed E-state index contributed by atoms with van der Waals surface area (Å²) in [7, 11) is 0. The average Bonchev–Trinajstić information content (AvgIpc) is 4.45. The first-order chi connectivity index (χ1) is 39.7. The summed E-state index contributed by atoms with van der Waals surface area (Å²) in [4.78, 5) is 49.7. The number of thiazole rings is 1. The van der Waals surface area contributed by atoms with Crippen LogP contribution in [0, 0.1) is 18.8 Å². The molecule has 6 aliphatic rings. The minimum absolute atomic E-state index is 0.0815. The summed E-state index contributed by atoms with van der Waals surface area (Å²) in [5, 5.41) is 37.5. The van der Waals surface area contributed by atoms with Crippen LogP contribution >= 0.6 is 11.3 Å². The van der Waals surface area contributed by atoms with Crippen LogP contribution in [0.5, 0.6) is 11.6 Å². The van der Waals surface area contributed by atoms with Gasteiger partial charge in [0.1, 0.15) is 23.8 Å². The Morgan fingerprint density at radius 3 is 2.27 bits per heavy atom. The molecule has 2 bridgehead atoms. The van der Waals surface area contributed by atoms with Gasteiger partial charge in [0.25, 0.3) is 0 Å². The summed E-state index contributed by atoms with van der Waals surface area (Å²) in [6.45, 7) is 15.7. The first-order valence-electron chi connectivity index (χ1n) is 29.7. The Balaban J connectivity index is 0.572. The molecule has 20 heteroatoms. The van der Waals surface area contributed by atoms with Crippen LogP contribution in [0.4, 0.5) is 23.0 Å². The Labute approximate surface area is 484 Å². The number of carbonyl (C=O) groups is 2. The molecule has 5 saturated heterocycles. The maximum Gasteiger partial charge on any atom is 0.243 e. The quantitative estimate of drug-likeness (QED) is 0.0673. The number of benzene rings is 2. The number of aryl methyl sites for hydroxylation is 1. The van der Waals surface area contributed by atoms with Gasteiger partial charge in [-0.2, -0.15) is 0 Å². The fourth-order valence-corrected chi connectivity index (χ4v) is 14.6. The van der Waals surface area contributed by atoms with E-state index in [0.717, 1.165) is 130 Å². The number of fused-ring (bicyclic) bond motifs is 2. The molecule has 12 rings (SSSR count). The van der Waals surface area contributed by atoms with E-state index in [1.807, 2.05) is 87.9 Å². The number of nitrogens with zero attached hydrogens (tertiary/aromatic N) is 10. The number of anilines is 4. The lowest BCUT2D eigenvalue weighted by Gasteiger charge is -2.44. The summed E-state index contributed by atoms with van der Waals surface area (Å²) in [5.74, 6) is 1.67. The molecule has 82 heavy (non-hydrogen) atoms. The minimum Gasteiger partial charge on any atom is -0.507 e. The van der Waals surface area contributed by atoms with Gasteiger partial charge in [0.2, 0.25) is 17.7 Å². The van der Waals surface area contributed by atoms with Crippen LogP contribution in [-0.2, 0) is 14.3 Å².